The number of fused-ring (bicyclic) bond motifs is 1. The van der Waals surface area contributed by atoms with Crippen molar-refractivity contribution in [1.29, 1.82) is 0 Å². The second-order valence-electron chi connectivity index (χ2n) is 3.73. The van der Waals surface area contributed by atoms with Crippen LogP contribution in [0.25, 0.3) is 10.9 Å². The van der Waals surface area contributed by atoms with Gasteiger partial charge in [-0.25, -0.2) is 4.39 Å². The van der Waals surface area contributed by atoms with E-state index in [2.05, 4.69) is 4.98 Å². The fourth-order valence-corrected chi connectivity index (χ4v) is 1.62. The van der Waals surface area contributed by atoms with Crippen molar-refractivity contribution in [2.45, 2.75) is 13.8 Å². The van der Waals surface area contributed by atoms with E-state index in [-0.39, 0.29) is 22.4 Å². The van der Waals surface area contributed by atoms with Crippen molar-refractivity contribution in [3.63, 3.8) is 0 Å². The molecule has 0 spiro atoms. The summed E-state index contributed by atoms with van der Waals surface area (Å²) < 4.78 is 13.8. The SMILES string of the molecule is CC(=O)c1ccc2cc(C)c(=O)[nH]c2c1F. The number of halogens is 1. The number of carbonyl (C=O) groups is 1. The van der Waals surface area contributed by atoms with Crippen molar-refractivity contribution < 1.29 is 9.18 Å². The van der Waals surface area contributed by atoms with Gasteiger partial charge in [0.1, 0.15) is 0 Å². The molecule has 0 aliphatic rings. The highest BCUT2D eigenvalue weighted by Gasteiger charge is 2.12. The topological polar surface area (TPSA) is 49.9 Å². The lowest BCUT2D eigenvalue weighted by atomic mass is 10.1. The largest absolute Gasteiger partial charge is 0.319 e. The van der Waals surface area contributed by atoms with E-state index in [0.717, 1.165) is 0 Å². The first-order valence-corrected chi connectivity index (χ1v) is 4.84. The average molecular weight is 219 g/mol. The van der Waals surface area contributed by atoms with Crippen LogP contribution in [0.1, 0.15) is 22.8 Å². The van der Waals surface area contributed by atoms with Crippen LogP contribution in [-0.2, 0) is 0 Å². The van der Waals surface area contributed by atoms with E-state index in [4.69, 9.17) is 0 Å². The Balaban J connectivity index is 2.89. The maximum Gasteiger partial charge on any atom is 0.251 e. The highest BCUT2D eigenvalue weighted by molar-refractivity contribution is 5.98. The molecule has 0 saturated heterocycles. The number of aromatic nitrogens is 1. The molecule has 16 heavy (non-hydrogen) atoms. The minimum atomic E-state index is -0.665. The molecule has 0 amide bonds. The molecule has 0 fully saturated rings. The first-order valence-electron chi connectivity index (χ1n) is 4.84. The lowest BCUT2D eigenvalue weighted by molar-refractivity contribution is 0.101. The van der Waals surface area contributed by atoms with Crippen LogP contribution in [0.3, 0.4) is 0 Å². The molecule has 2 rings (SSSR count). The molecule has 3 nitrogen and oxygen atoms in total. The number of ketones is 1. The Kier molecular flexibility index (Phi) is 2.34. The Morgan fingerprint density at radius 1 is 1.38 bits per heavy atom. The Bertz CT molecular complexity index is 643. The van der Waals surface area contributed by atoms with E-state index in [0.29, 0.717) is 10.9 Å². The number of pyridine rings is 1. The molecule has 0 unspecified atom stereocenters. The normalized spacial score (nSPS) is 10.7. The predicted octanol–water partition coefficient (Wildman–Crippen LogP) is 2.18. The van der Waals surface area contributed by atoms with E-state index in [1.807, 2.05) is 0 Å². The summed E-state index contributed by atoms with van der Waals surface area (Å²) in [7, 11) is 0. The van der Waals surface area contributed by atoms with Crippen LogP contribution in [0, 0.1) is 12.7 Å². The van der Waals surface area contributed by atoms with Crippen molar-refractivity contribution in [2.75, 3.05) is 0 Å². The summed E-state index contributed by atoms with van der Waals surface area (Å²) in [6, 6.07) is 4.65. The molecule has 0 atom stereocenters. The molecule has 0 bridgehead atoms. The molecule has 1 aromatic heterocycles. The molecular formula is C12H10FNO2. The predicted molar refractivity (Wildman–Crippen MR) is 59.3 cm³/mol. The van der Waals surface area contributed by atoms with Crippen LogP contribution >= 0.6 is 0 Å². The summed E-state index contributed by atoms with van der Waals surface area (Å²) in [5, 5.41) is 0.583. The smallest absolute Gasteiger partial charge is 0.251 e. The summed E-state index contributed by atoms with van der Waals surface area (Å²) in [6.07, 6.45) is 0. The van der Waals surface area contributed by atoms with Gasteiger partial charge in [-0.3, -0.25) is 9.59 Å². The van der Waals surface area contributed by atoms with E-state index >= 15 is 0 Å². The third-order valence-corrected chi connectivity index (χ3v) is 2.52. The Hall–Kier alpha value is -1.97. The van der Waals surface area contributed by atoms with Gasteiger partial charge in [0, 0.05) is 10.9 Å². The zero-order valence-corrected chi connectivity index (χ0v) is 8.93. The van der Waals surface area contributed by atoms with Crippen LogP contribution in [0.2, 0.25) is 0 Å². The van der Waals surface area contributed by atoms with Gasteiger partial charge in [-0.05, 0) is 26.0 Å². The number of rotatable bonds is 1. The maximum atomic E-state index is 13.8. The second kappa shape index (κ2) is 3.56. The molecule has 1 aromatic carbocycles. The molecule has 1 N–H and O–H groups in total. The lowest BCUT2D eigenvalue weighted by Gasteiger charge is -2.04. The summed E-state index contributed by atoms with van der Waals surface area (Å²) >= 11 is 0. The van der Waals surface area contributed by atoms with Crippen LogP contribution in [0.5, 0.6) is 0 Å². The quantitative estimate of drug-likeness (QED) is 0.747. The first-order chi connectivity index (χ1) is 7.50. The standard InChI is InChI=1S/C12H10FNO2/c1-6-5-8-3-4-9(7(2)15)10(13)11(8)14-12(6)16/h3-5H,1-2H3,(H,14,16). The zero-order valence-electron chi connectivity index (χ0n) is 8.93. The highest BCUT2D eigenvalue weighted by Crippen LogP contribution is 2.19. The van der Waals surface area contributed by atoms with E-state index < -0.39 is 5.82 Å². The van der Waals surface area contributed by atoms with Crippen molar-refractivity contribution in [1.82, 2.24) is 4.98 Å². The molecule has 0 saturated carbocycles. The fourth-order valence-electron chi connectivity index (χ4n) is 1.62. The monoisotopic (exact) mass is 219 g/mol. The number of aryl methyl sites for hydroxylation is 1. The van der Waals surface area contributed by atoms with Gasteiger partial charge in [0.05, 0.1) is 11.1 Å². The lowest BCUT2D eigenvalue weighted by Crippen LogP contribution is -2.10. The number of benzene rings is 1. The Labute approximate surface area is 90.9 Å². The molecule has 0 radical (unpaired) electrons. The van der Waals surface area contributed by atoms with Gasteiger partial charge in [0.2, 0.25) is 0 Å². The number of carbonyl (C=O) groups excluding carboxylic acids is 1. The molecule has 1 heterocycles. The molecule has 2 aromatic rings. The molecule has 0 aliphatic carbocycles. The minimum absolute atomic E-state index is 0.00740. The van der Waals surface area contributed by atoms with Crippen molar-refractivity contribution in [2.24, 2.45) is 0 Å². The highest BCUT2D eigenvalue weighted by atomic mass is 19.1. The number of Topliss-reactive ketones (excluding diaryl/α,β-unsaturated/α-hetero) is 1. The van der Waals surface area contributed by atoms with Crippen molar-refractivity contribution in [3.8, 4) is 0 Å². The minimum Gasteiger partial charge on any atom is -0.319 e. The molecule has 4 heteroatoms. The Morgan fingerprint density at radius 2 is 2.06 bits per heavy atom. The zero-order chi connectivity index (χ0) is 11.9. The summed E-state index contributed by atoms with van der Waals surface area (Å²) in [5.41, 5.74) is 0.255. The number of nitrogens with one attached hydrogen (secondary N) is 1. The molecule has 0 aliphatic heterocycles. The van der Waals surface area contributed by atoms with E-state index in [1.165, 1.54) is 13.0 Å². The number of H-pyrrole nitrogens is 1. The van der Waals surface area contributed by atoms with Crippen LogP contribution in [0.4, 0.5) is 4.39 Å². The maximum absolute atomic E-state index is 13.8. The van der Waals surface area contributed by atoms with Crippen LogP contribution in [-0.4, -0.2) is 10.8 Å². The molecule has 82 valence electrons. The van der Waals surface area contributed by atoms with E-state index in [9.17, 15) is 14.0 Å². The van der Waals surface area contributed by atoms with Crippen LogP contribution in [0.15, 0.2) is 23.0 Å². The third kappa shape index (κ3) is 1.52. The van der Waals surface area contributed by atoms with Gasteiger partial charge in [0.15, 0.2) is 11.6 Å². The second-order valence-corrected chi connectivity index (χ2v) is 3.73. The molecular weight excluding hydrogens is 209 g/mol. The number of aromatic amines is 1. The summed E-state index contributed by atoms with van der Waals surface area (Å²) in [5.74, 6) is -1.03. The number of hydrogen-bond acceptors (Lipinski definition) is 2. The number of hydrogen-bond donors (Lipinski definition) is 1. The summed E-state index contributed by atoms with van der Waals surface area (Å²) in [6.45, 7) is 2.94. The fraction of sp³-hybridized carbons (Fsp3) is 0.167. The van der Waals surface area contributed by atoms with Gasteiger partial charge in [-0.2, -0.15) is 0 Å². The van der Waals surface area contributed by atoms with Gasteiger partial charge < -0.3 is 4.98 Å². The van der Waals surface area contributed by atoms with Crippen molar-refractivity contribution in [3.05, 3.63) is 45.5 Å². The average Bonchev–Trinajstić information content (AvgIpc) is 2.21. The van der Waals surface area contributed by atoms with E-state index in [1.54, 1.807) is 19.1 Å². The van der Waals surface area contributed by atoms with Gasteiger partial charge in [0.25, 0.3) is 5.56 Å². The van der Waals surface area contributed by atoms with Crippen LogP contribution < -0.4 is 5.56 Å². The first kappa shape index (κ1) is 10.5. The van der Waals surface area contributed by atoms with Gasteiger partial charge >= 0.3 is 0 Å². The summed E-state index contributed by atoms with van der Waals surface area (Å²) in [4.78, 5) is 24.9. The van der Waals surface area contributed by atoms with Gasteiger partial charge in [-0.15, -0.1) is 0 Å². The van der Waals surface area contributed by atoms with Gasteiger partial charge in [-0.1, -0.05) is 6.07 Å². The Morgan fingerprint density at radius 3 is 2.69 bits per heavy atom. The third-order valence-electron chi connectivity index (χ3n) is 2.52. The van der Waals surface area contributed by atoms with Crippen molar-refractivity contribution >= 4 is 16.7 Å².